The summed E-state index contributed by atoms with van der Waals surface area (Å²) in [4.78, 5) is 12.0. The highest BCUT2D eigenvalue weighted by molar-refractivity contribution is 9.10. The lowest BCUT2D eigenvalue weighted by Gasteiger charge is -2.05. The van der Waals surface area contributed by atoms with Crippen LogP contribution in [0.4, 0.5) is 5.69 Å². The average Bonchev–Trinajstić information content (AvgIpc) is 2.60. The summed E-state index contributed by atoms with van der Waals surface area (Å²) < 4.78 is 2.61. The van der Waals surface area contributed by atoms with Crippen LogP contribution in [0.5, 0.6) is 0 Å². The molecule has 0 unspecified atom stereocenters. The molecule has 1 aromatic carbocycles. The molecular weight excluding hydrogens is 282 g/mol. The van der Waals surface area contributed by atoms with Crippen LogP contribution >= 0.6 is 15.9 Å². The van der Waals surface area contributed by atoms with Crippen LogP contribution in [0.3, 0.4) is 0 Å². The molecule has 0 radical (unpaired) electrons. The molecule has 1 amide bonds. The van der Waals surface area contributed by atoms with E-state index in [1.807, 2.05) is 38.2 Å². The van der Waals surface area contributed by atoms with Crippen LogP contribution in [0, 0.1) is 6.92 Å². The fraction of sp³-hybridized carbons (Fsp3) is 0.167. The third kappa shape index (κ3) is 2.55. The third-order valence-corrected chi connectivity index (χ3v) is 3.06. The Balaban J connectivity index is 2.20. The van der Waals surface area contributed by atoms with Gasteiger partial charge in [0.2, 0.25) is 0 Å². The number of benzene rings is 1. The van der Waals surface area contributed by atoms with E-state index < -0.39 is 0 Å². The second-order valence-electron chi connectivity index (χ2n) is 3.73. The van der Waals surface area contributed by atoms with Gasteiger partial charge in [-0.1, -0.05) is 22.0 Å². The van der Waals surface area contributed by atoms with Crippen molar-refractivity contribution in [2.45, 2.75) is 6.92 Å². The first kappa shape index (κ1) is 11.9. The van der Waals surface area contributed by atoms with Gasteiger partial charge in [0.25, 0.3) is 5.91 Å². The molecule has 0 saturated carbocycles. The summed E-state index contributed by atoms with van der Waals surface area (Å²) in [6.45, 7) is 1.86. The molecule has 0 aliphatic carbocycles. The molecule has 17 heavy (non-hydrogen) atoms. The van der Waals surface area contributed by atoms with E-state index in [0.29, 0.717) is 5.56 Å². The van der Waals surface area contributed by atoms with Crippen molar-refractivity contribution in [3.8, 4) is 0 Å². The van der Waals surface area contributed by atoms with Crippen molar-refractivity contribution in [1.82, 2.24) is 9.78 Å². The number of hydrogen-bond acceptors (Lipinski definition) is 2. The minimum atomic E-state index is -0.145. The van der Waals surface area contributed by atoms with E-state index >= 15 is 0 Å². The van der Waals surface area contributed by atoms with Gasteiger partial charge in [-0.3, -0.25) is 9.48 Å². The van der Waals surface area contributed by atoms with E-state index in [1.54, 1.807) is 10.9 Å². The SMILES string of the molecule is Cc1c(C(=O)Nc2cccc(Br)c2)cnn1C. The maximum Gasteiger partial charge on any atom is 0.259 e. The van der Waals surface area contributed by atoms with Gasteiger partial charge in [-0.2, -0.15) is 5.10 Å². The number of amides is 1. The summed E-state index contributed by atoms with van der Waals surface area (Å²) >= 11 is 3.36. The number of aromatic nitrogens is 2. The minimum Gasteiger partial charge on any atom is -0.322 e. The molecule has 0 spiro atoms. The molecule has 1 heterocycles. The first-order valence-electron chi connectivity index (χ1n) is 5.13. The quantitative estimate of drug-likeness (QED) is 0.925. The van der Waals surface area contributed by atoms with Gasteiger partial charge in [-0.05, 0) is 25.1 Å². The Labute approximate surface area is 108 Å². The smallest absolute Gasteiger partial charge is 0.259 e. The van der Waals surface area contributed by atoms with Gasteiger partial charge in [0, 0.05) is 22.9 Å². The summed E-state index contributed by atoms with van der Waals surface area (Å²) in [7, 11) is 1.81. The van der Waals surface area contributed by atoms with Crippen molar-refractivity contribution in [3.63, 3.8) is 0 Å². The van der Waals surface area contributed by atoms with E-state index in [9.17, 15) is 4.79 Å². The van der Waals surface area contributed by atoms with Crippen LogP contribution < -0.4 is 5.32 Å². The zero-order valence-corrected chi connectivity index (χ0v) is 11.2. The van der Waals surface area contributed by atoms with Crippen LogP contribution in [0.25, 0.3) is 0 Å². The monoisotopic (exact) mass is 293 g/mol. The highest BCUT2D eigenvalue weighted by Crippen LogP contribution is 2.17. The van der Waals surface area contributed by atoms with Crippen molar-refractivity contribution in [2.75, 3.05) is 5.32 Å². The van der Waals surface area contributed by atoms with Crippen LogP contribution in [0.2, 0.25) is 0 Å². The standard InChI is InChI=1S/C12H12BrN3O/c1-8-11(7-14-16(8)2)12(17)15-10-5-3-4-9(13)6-10/h3-7H,1-2H3,(H,15,17). The molecule has 1 aromatic heterocycles. The number of halogens is 1. The lowest BCUT2D eigenvalue weighted by molar-refractivity contribution is 0.102. The Morgan fingerprint density at radius 3 is 2.82 bits per heavy atom. The Morgan fingerprint density at radius 1 is 1.47 bits per heavy atom. The maximum atomic E-state index is 12.0. The summed E-state index contributed by atoms with van der Waals surface area (Å²) in [5.74, 6) is -0.145. The molecule has 0 aliphatic heterocycles. The highest BCUT2D eigenvalue weighted by Gasteiger charge is 2.12. The second kappa shape index (κ2) is 4.71. The molecule has 88 valence electrons. The van der Waals surface area contributed by atoms with Crippen LogP contribution in [-0.4, -0.2) is 15.7 Å². The van der Waals surface area contributed by atoms with E-state index in [4.69, 9.17) is 0 Å². The summed E-state index contributed by atoms with van der Waals surface area (Å²) in [6, 6.07) is 7.47. The number of hydrogen-bond donors (Lipinski definition) is 1. The van der Waals surface area contributed by atoms with Gasteiger partial charge in [0.05, 0.1) is 11.8 Å². The fourth-order valence-corrected chi connectivity index (χ4v) is 1.89. The molecule has 0 saturated heterocycles. The van der Waals surface area contributed by atoms with Crippen molar-refractivity contribution in [3.05, 3.63) is 46.2 Å². The Morgan fingerprint density at radius 2 is 2.24 bits per heavy atom. The predicted octanol–water partition coefficient (Wildman–Crippen LogP) is 2.74. The minimum absolute atomic E-state index is 0.145. The summed E-state index contributed by atoms with van der Waals surface area (Å²) in [5.41, 5.74) is 2.19. The Hall–Kier alpha value is -1.62. The van der Waals surface area contributed by atoms with Crippen LogP contribution in [-0.2, 0) is 7.05 Å². The molecular formula is C12H12BrN3O. The zero-order chi connectivity index (χ0) is 12.4. The Kier molecular flexibility index (Phi) is 3.28. The number of nitrogens with one attached hydrogen (secondary N) is 1. The molecule has 4 nitrogen and oxygen atoms in total. The van der Waals surface area contributed by atoms with E-state index in [-0.39, 0.29) is 5.91 Å². The fourth-order valence-electron chi connectivity index (χ4n) is 1.49. The van der Waals surface area contributed by atoms with E-state index in [2.05, 4.69) is 26.3 Å². The number of nitrogens with zero attached hydrogens (tertiary/aromatic N) is 2. The average molecular weight is 294 g/mol. The molecule has 1 N–H and O–H groups in total. The van der Waals surface area contributed by atoms with Gasteiger partial charge < -0.3 is 5.32 Å². The van der Waals surface area contributed by atoms with E-state index in [0.717, 1.165) is 15.9 Å². The number of rotatable bonds is 2. The largest absolute Gasteiger partial charge is 0.322 e. The van der Waals surface area contributed by atoms with Crippen molar-refractivity contribution >= 4 is 27.5 Å². The topological polar surface area (TPSA) is 46.9 Å². The van der Waals surface area contributed by atoms with Crippen LogP contribution in [0.15, 0.2) is 34.9 Å². The lowest BCUT2D eigenvalue weighted by atomic mass is 10.2. The predicted molar refractivity (Wildman–Crippen MR) is 70.0 cm³/mol. The number of carbonyl (C=O) groups excluding carboxylic acids is 1. The van der Waals surface area contributed by atoms with Gasteiger partial charge in [0.15, 0.2) is 0 Å². The molecule has 2 rings (SSSR count). The van der Waals surface area contributed by atoms with Gasteiger partial charge in [-0.25, -0.2) is 0 Å². The number of aryl methyl sites for hydroxylation is 1. The highest BCUT2D eigenvalue weighted by atomic mass is 79.9. The number of carbonyl (C=O) groups is 1. The third-order valence-electron chi connectivity index (χ3n) is 2.56. The van der Waals surface area contributed by atoms with Gasteiger partial charge >= 0.3 is 0 Å². The van der Waals surface area contributed by atoms with Crippen molar-refractivity contribution in [2.24, 2.45) is 7.05 Å². The molecule has 0 fully saturated rings. The Bertz CT molecular complexity index is 563. The normalized spacial score (nSPS) is 10.3. The van der Waals surface area contributed by atoms with Crippen LogP contribution in [0.1, 0.15) is 16.1 Å². The molecule has 2 aromatic rings. The van der Waals surface area contributed by atoms with Gasteiger partial charge in [-0.15, -0.1) is 0 Å². The van der Waals surface area contributed by atoms with E-state index in [1.165, 1.54) is 0 Å². The summed E-state index contributed by atoms with van der Waals surface area (Å²) in [6.07, 6.45) is 1.57. The molecule has 0 bridgehead atoms. The van der Waals surface area contributed by atoms with Crippen molar-refractivity contribution in [1.29, 1.82) is 0 Å². The zero-order valence-electron chi connectivity index (χ0n) is 9.57. The van der Waals surface area contributed by atoms with Crippen molar-refractivity contribution < 1.29 is 4.79 Å². The first-order valence-corrected chi connectivity index (χ1v) is 5.93. The first-order chi connectivity index (χ1) is 8.08. The maximum absolute atomic E-state index is 12.0. The van der Waals surface area contributed by atoms with Gasteiger partial charge in [0.1, 0.15) is 0 Å². The molecule has 0 aliphatic rings. The second-order valence-corrected chi connectivity index (χ2v) is 4.65. The summed E-state index contributed by atoms with van der Waals surface area (Å²) in [5, 5.41) is 6.87. The molecule has 5 heteroatoms. The number of anilines is 1. The molecule has 0 atom stereocenters. The lowest BCUT2D eigenvalue weighted by Crippen LogP contribution is -2.12.